The van der Waals surface area contributed by atoms with E-state index >= 15 is 0 Å². The van der Waals surface area contributed by atoms with E-state index < -0.39 is 18.1 Å². The van der Waals surface area contributed by atoms with Crippen LogP contribution in [0.2, 0.25) is 0 Å². The van der Waals surface area contributed by atoms with Crippen molar-refractivity contribution in [2.45, 2.75) is 7.25 Å². The van der Waals surface area contributed by atoms with Crippen molar-refractivity contribution >= 4 is 52.4 Å². The van der Waals surface area contributed by atoms with Crippen molar-refractivity contribution < 1.29 is 12.7 Å². The molecule has 0 heterocycles. The summed E-state index contributed by atoms with van der Waals surface area (Å²) in [6, 6.07) is 40.4. The van der Waals surface area contributed by atoms with Gasteiger partial charge in [-0.1, -0.05) is 0 Å². The summed E-state index contributed by atoms with van der Waals surface area (Å²) in [6.45, 7) is 0. The zero-order chi connectivity index (χ0) is 23.2. The molecule has 34 heavy (non-hydrogen) atoms. The van der Waals surface area contributed by atoms with Gasteiger partial charge < -0.3 is 0 Å². The Bertz CT molecular complexity index is 1400. The molecule has 6 rings (SSSR count). The van der Waals surface area contributed by atoms with Gasteiger partial charge in [-0.2, -0.15) is 0 Å². The van der Waals surface area contributed by atoms with Gasteiger partial charge in [-0.3, -0.25) is 0 Å². The molecule has 0 spiro atoms. The van der Waals surface area contributed by atoms with E-state index in [-0.39, 0.29) is 0 Å². The second-order valence-electron chi connectivity index (χ2n) is 9.19. The van der Waals surface area contributed by atoms with Gasteiger partial charge in [0.2, 0.25) is 0 Å². The summed E-state index contributed by atoms with van der Waals surface area (Å²) >= 11 is 5.36. The topological polar surface area (TPSA) is 0 Å². The van der Waals surface area contributed by atoms with Crippen molar-refractivity contribution in [2.24, 2.45) is 0 Å². The van der Waals surface area contributed by atoms with Gasteiger partial charge in [0.1, 0.15) is 0 Å². The van der Waals surface area contributed by atoms with Crippen molar-refractivity contribution in [1.29, 1.82) is 0 Å². The summed E-state index contributed by atoms with van der Waals surface area (Å²) in [4.78, 5) is 0. The van der Waals surface area contributed by atoms with Gasteiger partial charge in [0, 0.05) is 0 Å². The van der Waals surface area contributed by atoms with Gasteiger partial charge in [0.15, 0.2) is 0 Å². The molecular formula is C30H24Br2SiZr. The first-order valence-corrected chi connectivity index (χ1v) is 30.9. The van der Waals surface area contributed by atoms with Crippen LogP contribution in [-0.4, -0.2) is 5.43 Å². The molecule has 0 bridgehead atoms. The first kappa shape index (κ1) is 22.9. The van der Waals surface area contributed by atoms with Gasteiger partial charge in [0.05, 0.1) is 0 Å². The van der Waals surface area contributed by atoms with Gasteiger partial charge in [0.25, 0.3) is 0 Å². The molecule has 0 saturated carbocycles. The number of hydrogen-bond donors (Lipinski definition) is 0. The van der Waals surface area contributed by atoms with E-state index in [1.165, 1.54) is 32.6 Å². The van der Waals surface area contributed by atoms with Crippen LogP contribution >= 0.6 is 24.4 Å². The first-order valence-electron chi connectivity index (χ1n) is 11.7. The molecule has 0 aromatic heterocycles. The molecule has 0 fully saturated rings. The van der Waals surface area contributed by atoms with E-state index in [1.54, 1.807) is 0 Å². The van der Waals surface area contributed by atoms with Crippen LogP contribution in [0.1, 0.15) is 29.5 Å². The third-order valence-corrected chi connectivity index (χ3v) is 58.9. The molecule has 2 unspecified atom stereocenters. The molecule has 2 aliphatic carbocycles. The van der Waals surface area contributed by atoms with Gasteiger partial charge in [-0.15, -0.1) is 0 Å². The van der Waals surface area contributed by atoms with E-state index in [1.807, 2.05) is 0 Å². The predicted molar refractivity (Wildman–Crippen MR) is 152 cm³/mol. The zero-order valence-electron chi connectivity index (χ0n) is 18.6. The fourth-order valence-electron chi connectivity index (χ4n) is 5.85. The van der Waals surface area contributed by atoms with Crippen LogP contribution in [0.5, 0.6) is 0 Å². The summed E-state index contributed by atoms with van der Waals surface area (Å²) < 4.78 is 0.681. The number of halogens is 2. The maximum atomic E-state index is 4.79. The Labute approximate surface area is 214 Å². The minimum absolute atomic E-state index is 0.341. The van der Waals surface area contributed by atoms with Crippen molar-refractivity contribution in [3.63, 3.8) is 0 Å². The van der Waals surface area contributed by atoms with E-state index in [0.29, 0.717) is 7.25 Å². The van der Waals surface area contributed by atoms with Crippen LogP contribution in [0.4, 0.5) is 0 Å². The average Bonchev–Trinajstić information content (AvgIpc) is 3.51. The molecule has 0 nitrogen and oxygen atoms in total. The monoisotopic (exact) mass is 660 g/mol. The van der Waals surface area contributed by atoms with Crippen molar-refractivity contribution in [2.75, 3.05) is 0 Å². The Kier molecular flexibility index (Phi) is 5.93. The minimum atomic E-state index is -4.23. The van der Waals surface area contributed by atoms with Crippen LogP contribution < -0.4 is 10.4 Å². The first-order chi connectivity index (χ1) is 16.6. The number of allylic oxidation sites excluding steroid dienone is 2. The molecule has 4 aromatic carbocycles. The fourth-order valence-corrected chi connectivity index (χ4v) is 60.1. The second-order valence-corrected chi connectivity index (χ2v) is 65.1. The fraction of sp³-hybridized carbons (Fsp3) is 0.0667. The van der Waals surface area contributed by atoms with E-state index in [9.17, 15) is 0 Å². The summed E-state index contributed by atoms with van der Waals surface area (Å²) in [5.41, 5.74) is 4.36. The van der Waals surface area contributed by atoms with Gasteiger partial charge in [-0.05, 0) is 0 Å². The van der Waals surface area contributed by atoms with Crippen LogP contribution in [-0.2, 0) is 12.7 Å². The molecule has 2 aliphatic rings. The molecular weight excluding hydrogens is 639 g/mol. The maximum absolute atomic E-state index is 4.79. The average molecular weight is 664 g/mol. The molecule has 0 amide bonds. The molecule has 4 aromatic rings. The zero-order valence-corrected chi connectivity index (χ0v) is 25.2. The van der Waals surface area contributed by atoms with Crippen LogP contribution in [0.15, 0.2) is 121 Å². The molecule has 4 heteroatoms. The summed E-state index contributed by atoms with van der Waals surface area (Å²) in [5.74, 6) is 0. The van der Waals surface area contributed by atoms with Crippen molar-refractivity contribution in [3.05, 3.63) is 144 Å². The number of fused-ring (bicyclic) bond motifs is 2. The van der Waals surface area contributed by atoms with Crippen LogP contribution in [0.3, 0.4) is 0 Å². The molecule has 0 saturated heterocycles. The van der Waals surface area contributed by atoms with Gasteiger partial charge >= 0.3 is 216 Å². The van der Waals surface area contributed by atoms with E-state index in [0.717, 1.165) is 0 Å². The second kappa shape index (κ2) is 8.82. The van der Waals surface area contributed by atoms with Crippen molar-refractivity contribution in [3.8, 4) is 0 Å². The Balaban J connectivity index is 1.79. The number of hydrogen-bond acceptors (Lipinski definition) is 0. The molecule has 2 atom stereocenters. The van der Waals surface area contributed by atoms with E-state index in [2.05, 4.69) is 133 Å². The predicted octanol–water partition coefficient (Wildman–Crippen LogP) is 7.64. The van der Waals surface area contributed by atoms with Crippen LogP contribution in [0.25, 0.3) is 12.2 Å². The van der Waals surface area contributed by atoms with Crippen molar-refractivity contribution in [1.82, 2.24) is 0 Å². The summed E-state index contributed by atoms with van der Waals surface area (Å²) in [7, 11) is 0. The standard InChI is InChI=1S/C12H10Si.2C9H7.2BrH.Zr/c1-3-7-11(8-4-1)13-12-9-5-2-6-10-12;2*1-2-5-9-7-3-6-8(9)4-1;;;/h1-10H;2*1-7H;2*1H;/q;;;;;+2/p-2. The quantitative estimate of drug-likeness (QED) is 0.197. The number of rotatable bonds is 4. The molecule has 0 aliphatic heterocycles. The van der Waals surface area contributed by atoms with Crippen LogP contribution in [0, 0.1) is 0 Å². The SMILES string of the molecule is [Br][Zr]([Br])([CH]1C=Cc2ccccc21)([CH]1C=Cc2ccccc21)=[Si](c1ccccc1)c1ccccc1. The Morgan fingerprint density at radius 2 is 0.882 bits per heavy atom. The summed E-state index contributed by atoms with van der Waals surface area (Å²) in [6.07, 6.45) is 9.67. The molecule has 0 N–H and O–H groups in total. The summed E-state index contributed by atoms with van der Waals surface area (Å²) in [5, 5.41) is 2.93. The molecule has 0 radical (unpaired) electrons. The third-order valence-electron chi connectivity index (χ3n) is 7.34. The third kappa shape index (κ3) is 3.53. The number of benzene rings is 4. The normalized spacial score (nSPS) is 18.6. The van der Waals surface area contributed by atoms with E-state index in [4.69, 9.17) is 24.4 Å². The Hall–Kier alpha value is -1.58. The Morgan fingerprint density at radius 1 is 0.500 bits per heavy atom. The Morgan fingerprint density at radius 3 is 1.32 bits per heavy atom. The molecule has 166 valence electrons. The van der Waals surface area contributed by atoms with Gasteiger partial charge in [-0.25, -0.2) is 0 Å².